The quantitative estimate of drug-likeness (QED) is 0.674. The van der Waals surface area contributed by atoms with Gasteiger partial charge in [-0.3, -0.25) is 4.79 Å². The Bertz CT molecular complexity index is 205. The summed E-state index contributed by atoms with van der Waals surface area (Å²) < 4.78 is 5.27. The third-order valence-corrected chi connectivity index (χ3v) is 3.19. The molecule has 0 atom stereocenters. The van der Waals surface area contributed by atoms with Crippen molar-refractivity contribution in [1.29, 1.82) is 0 Å². The molecule has 0 N–H and O–H groups in total. The summed E-state index contributed by atoms with van der Waals surface area (Å²) in [6.07, 6.45) is 3.90. The fraction of sp³-hybridized carbons (Fsp3) is 0.917. The second kappa shape index (κ2) is 7.91. The lowest BCUT2D eigenvalue weighted by molar-refractivity contribution is -0.138. The topological polar surface area (TPSA) is 29.5 Å². The van der Waals surface area contributed by atoms with Crippen molar-refractivity contribution in [1.82, 2.24) is 4.90 Å². The molecular formula is C12H22ClNO2. The zero-order valence-electron chi connectivity index (χ0n) is 10.1. The lowest BCUT2D eigenvalue weighted by Gasteiger charge is -2.28. The molecule has 4 heteroatoms. The van der Waals surface area contributed by atoms with Gasteiger partial charge in [-0.25, -0.2) is 0 Å². The summed E-state index contributed by atoms with van der Waals surface area (Å²) in [5.74, 6) is 0.963. The molecule has 0 aromatic carbocycles. The van der Waals surface area contributed by atoms with Gasteiger partial charge >= 0.3 is 0 Å². The van der Waals surface area contributed by atoms with Crippen molar-refractivity contribution >= 4 is 17.5 Å². The van der Waals surface area contributed by atoms with Crippen molar-refractivity contribution < 1.29 is 9.53 Å². The number of halogens is 1. The molecule has 3 nitrogen and oxygen atoms in total. The van der Waals surface area contributed by atoms with Gasteiger partial charge in [0, 0.05) is 38.1 Å². The fourth-order valence-corrected chi connectivity index (χ4v) is 2.19. The van der Waals surface area contributed by atoms with Crippen LogP contribution in [0, 0.1) is 5.92 Å². The molecule has 1 aliphatic heterocycles. The molecule has 1 heterocycles. The zero-order valence-corrected chi connectivity index (χ0v) is 10.8. The van der Waals surface area contributed by atoms with Gasteiger partial charge < -0.3 is 9.64 Å². The van der Waals surface area contributed by atoms with Crippen LogP contribution in [0.4, 0.5) is 0 Å². The zero-order chi connectivity index (χ0) is 11.8. The summed E-state index contributed by atoms with van der Waals surface area (Å²) in [6, 6.07) is 0. The predicted octanol–water partition coefficient (Wildman–Crippen LogP) is 2.28. The molecule has 0 bridgehead atoms. The maximum Gasteiger partial charge on any atom is 0.225 e. The summed E-state index contributed by atoms with van der Waals surface area (Å²) >= 11 is 5.74. The first-order chi connectivity index (χ1) is 7.79. The van der Waals surface area contributed by atoms with Crippen molar-refractivity contribution in [2.24, 2.45) is 5.92 Å². The fourth-order valence-electron chi connectivity index (χ4n) is 1.99. The van der Waals surface area contributed by atoms with Gasteiger partial charge in [0.25, 0.3) is 0 Å². The van der Waals surface area contributed by atoms with Crippen LogP contribution in [0.2, 0.25) is 0 Å². The largest absolute Gasteiger partial charge is 0.381 e. The van der Waals surface area contributed by atoms with Crippen molar-refractivity contribution in [2.45, 2.75) is 32.6 Å². The van der Waals surface area contributed by atoms with Gasteiger partial charge in [-0.05, 0) is 19.3 Å². The number of carbonyl (C=O) groups is 1. The van der Waals surface area contributed by atoms with E-state index in [1.54, 1.807) is 0 Å². The molecule has 1 aliphatic rings. The van der Waals surface area contributed by atoms with Gasteiger partial charge in [-0.1, -0.05) is 13.3 Å². The molecule has 0 unspecified atom stereocenters. The molecular weight excluding hydrogens is 226 g/mol. The van der Waals surface area contributed by atoms with Crippen molar-refractivity contribution in [3.63, 3.8) is 0 Å². The first-order valence-corrected chi connectivity index (χ1v) is 6.75. The second-order valence-electron chi connectivity index (χ2n) is 4.25. The molecule has 0 radical (unpaired) electrons. The number of ether oxygens (including phenoxy) is 1. The maximum absolute atomic E-state index is 12.2. The molecule has 0 aliphatic carbocycles. The number of hydrogen-bond donors (Lipinski definition) is 0. The summed E-state index contributed by atoms with van der Waals surface area (Å²) in [5, 5.41) is 0. The monoisotopic (exact) mass is 247 g/mol. The smallest absolute Gasteiger partial charge is 0.225 e. The lowest BCUT2D eigenvalue weighted by Crippen LogP contribution is -2.40. The van der Waals surface area contributed by atoms with E-state index in [1.807, 2.05) is 4.90 Å². The van der Waals surface area contributed by atoms with E-state index in [0.717, 1.165) is 45.4 Å². The van der Waals surface area contributed by atoms with Crippen LogP contribution in [0.25, 0.3) is 0 Å². The number of amides is 1. The molecule has 1 amide bonds. The Hall–Kier alpha value is -0.280. The number of unbranched alkanes of at least 4 members (excludes halogenated alkanes) is 1. The molecule has 0 aromatic heterocycles. The van der Waals surface area contributed by atoms with E-state index in [4.69, 9.17) is 16.3 Å². The molecule has 94 valence electrons. The summed E-state index contributed by atoms with van der Waals surface area (Å²) in [5.41, 5.74) is 0. The number of rotatable bonds is 6. The SMILES string of the molecule is CCCCN(CCCl)C(=O)C1CCOCC1. The van der Waals surface area contributed by atoms with E-state index in [1.165, 1.54) is 0 Å². The summed E-state index contributed by atoms with van der Waals surface area (Å²) in [4.78, 5) is 14.1. The number of carbonyl (C=O) groups excluding carboxylic acids is 1. The van der Waals surface area contributed by atoms with Crippen LogP contribution in [-0.2, 0) is 9.53 Å². The summed E-state index contributed by atoms with van der Waals surface area (Å²) in [7, 11) is 0. The van der Waals surface area contributed by atoms with Gasteiger partial charge in [0.05, 0.1) is 0 Å². The molecule has 1 fully saturated rings. The minimum Gasteiger partial charge on any atom is -0.381 e. The Kier molecular flexibility index (Phi) is 6.81. The maximum atomic E-state index is 12.2. The third kappa shape index (κ3) is 4.30. The second-order valence-corrected chi connectivity index (χ2v) is 4.63. The highest BCUT2D eigenvalue weighted by Crippen LogP contribution is 2.18. The Balaban J connectivity index is 2.44. The van der Waals surface area contributed by atoms with Crippen molar-refractivity contribution in [3.8, 4) is 0 Å². The molecule has 0 aromatic rings. The van der Waals surface area contributed by atoms with Crippen LogP contribution in [-0.4, -0.2) is 43.0 Å². The Morgan fingerprint density at radius 1 is 1.38 bits per heavy atom. The van der Waals surface area contributed by atoms with Gasteiger partial charge in [0.15, 0.2) is 0 Å². The van der Waals surface area contributed by atoms with Crippen LogP contribution in [0.5, 0.6) is 0 Å². The van der Waals surface area contributed by atoms with Gasteiger partial charge in [0.2, 0.25) is 5.91 Å². The Morgan fingerprint density at radius 2 is 2.06 bits per heavy atom. The van der Waals surface area contributed by atoms with E-state index in [2.05, 4.69) is 6.92 Å². The van der Waals surface area contributed by atoms with Crippen LogP contribution in [0.1, 0.15) is 32.6 Å². The van der Waals surface area contributed by atoms with E-state index in [9.17, 15) is 4.79 Å². The van der Waals surface area contributed by atoms with E-state index >= 15 is 0 Å². The van der Waals surface area contributed by atoms with Gasteiger partial charge in [0.1, 0.15) is 0 Å². The van der Waals surface area contributed by atoms with Crippen LogP contribution < -0.4 is 0 Å². The van der Waals surface area contributed by atoms with Crippen LogP contribution >= 0.6 is 11.6 Å². The van der Waals surface area contributed by atoms with Crippen molar-refractivity contribution in [3.05, 3.63) is 0 Å². The average molecular weight is 248 g/mol. The number of alkyl halides is 1. The Morgan fingerprint density at radius 3 is 2.62 bits per heavy atom. The third-order valence-electron chi connectivity index (χ3n) is 3.02. The minimum atomic E-state index is 0.161. The molecule has 0 saturated carbocycles. The van der Waals surface area contributed by atoms with Crippen LogP contribution in [0.15, 0.2) is 0 Å². The predicted molar refractivity (Wildman–Crippen MR) is 65.8 cm³/mol. The highest BCUT2D eigenvalue weighted by atomic mass is 35.5. The van der Waals surface area contributed by atoms with E-state index in [0.29, 0.717) is 12.4 Å². The minimum absolute atomic E-state index is 0.161. The molecule has 16 heavy (non-hydrogen) atoms. The van der Waals surface area contributed by atoms with Gasteiger partial charge in [-0.2, -0.15) is 0 Å². The highest BCUT2D eigenvalue weighted by molar-refractivity contribution is 6.18. The average Bonchev–Trinajstić information content (AvgIpc) is 2.35. The first kappa shape index (κ1) is 13.8. The number of nitrogens with zero attached hydrogens (tertiary/aromatic N) is 1. The van der Waals surface area contributed by atoms with Crippen molar-refractivity contribution in [2.75, 3.05) is 32.2 Å². The van der Waals surface area contributed by atoms with Crippen LogP contribution in [0.3, 0.4) is 0 Å². The van der Waals surface area contributed by atoms with Gasteiger partial charge in [-0.15, -0.1) is 11.6 Å². The lowest BCUT2D eigenvalue weighted by atomic mass is 9.98. The summed E-state index contributed by atoms with van der Waals surface area (Å²) in [6.45, 7) is 5.10. The molecule has 0 spiro atoms. The Labute approximate surface area is 103 Å². The molecule has 1 saturated heterocycles. The van der Waals surface area contributed by atoms with E-state index in [-0.39, 0.29) is 11.8 Å². The van der Waals surface area contributed by atoms with E-state index < -0.39 is 0 Å². The first-order valence-electron chi connectivity index (χ1n) is 6.22. The standard InChI is InChI=1S/C12H22ClNO2/c1-2-3-7-14(8-6-13)12(15)11-4-9-16-10-5-11/h11H,2-10H2,1H3. The normalized spacial score (nSPS) is 17.4. The highest BCUT2D eigenvalue weighted by Gasteiger charge is 2.25. The number of hydrogen-bond acceptors (Lipinski definition) is 2. The molecule has 1 rings (SSSR count).